The summed E-state index contributed by atoms with van der Waals surface area (Å²) in [5, 5.41) is 15.7. The lowest BCUT2D eigenvalue weighted by atomic mass is 9.98. The van der Waals surface area contributed by atoms with Crippen LogP contribution in [0.2, 0.25) is 0 Å². The zero-order chi connectivity index (χ0) is 18.6. The molecule has 1 aromatic rings. The van der Waals surface area contributed by atoms with Crippen molar-refractivity contribution >= 4 is 5.97 Å². The summed E-state index contributed by atoms with van der Waals surface area (Å²) in [4.78, 5) is 11.4. The number of ether oxygens (including phenoxy) is 1. The van der Waals surface area contributed by atoms with E-state index >= 15 is 0 Å². The minimum Gasteiger partial charge on any atom is -0.475 e. The Hall–Kier alpha value is -1.68. The van der Waals surface area contributed by atoms with Crippen molar-refractivity contribution in [2.75, 3.05) is 26.8 Å². The van der Waals surface area contributed by atoms with Gasteiger partial charge in [0.2, 0.25) is 0 Å². The standard InChI is InChI=1S/C13H22N4O.C2HF3O2/c1-3-17-13-11(9-18-2)7-16(6-10-4-5-10)8-12(13)14-15-17;3-2(4,5)1(6)7/h10-11H,3-9H2,1-2H3;(H,6,7). The Morgan fingerprint density at radius 2 is 2.04 bits per heavy atom. The van der Waals surface area contributed by atoms with Gasteiger partial charge in [-0.05, 0) is 25.7 Å². The molecular weight excluding hydrogens is 341 g/mol. The molecule has 1 unspecified atom stereocenters. The molecule has 0 amide bonds. The molecule has 2 aliphatic rings. The van der Waals surface area contributed by atoms with Crippen LogP contribution in [0.3, 0.4) is 0 Å². The first-order chi connectivity index (χ1) is 11.8. The summed E-state index contributed by atoms with van der Waals surface area (Å²) in [7, 11) is 1.78. The fraction of sp³-hybridized carbons (Fsp3) is 0.800. The Morgan fingerprint density at radius 3 is 2.52 bits per heavy atom. The van der Waals surface area contributed by atoms with Gasteiger partial charge in [0.05, 0.1) is 12.3 Å². The lowest BCUT2D eigenvalue weighted by molar-refractivity contribution is -0.192. The summed E-state index contributed by atoms with van der Waals surface area (Å²) in [6.45, 7) is 7.05. The van der Waals surface area contributed by atoms with E-state index in [4.69, 9.17) is 14.6 Å². The van der Waals surface area contributed by atoms with Gasteiger partial charge in [0.1, 0.15) is 5.69 Å². The first kappa shape index (κ1) is 19.6. The van der Waals surface area contributed by atoms with Gasteiger partial charge in [-0.25, -0.2) is 9.48 Å². The summed E-state index contributed by atoms with van der Waals surface area (Å²) >= 11 is 0. The fourth-order valence-corrected chi connectivity index (χ4v) is 2.96. The van der Waals surface area contributed by atoms with Gasteiger partial charge in [0, 0.05) is 39.2 Å². The van der Waals surface area contributed by atoms with Gasteiger partial charge in [-0.1, -0.05) is 5.21 Å². The third-order valence-electron chi connectivity index (χ3n) is 4.21. The number of rotatable bonds is 5. The van der Waals surface area contributed by atoms with E-state index in [1.54, 1.807) is 7.11 Å². The molecule has 1 fully saturated rings. The summed E-state index contributed by atoms with van der Waals surface area (Å²) in [6.07, 6.45) is -2.28. The molecule has 0 aromatic carbocycles. The van der Waals surface area contributed by atoms with Gasteiger partial charge >= 0.3 is 12.1 Å². The Kier molecular flexibility index (Phi) is 6.39. The van der Waals surface area contributed by atoms with E-state index in [9.17, 15) is 13.2 Å². The summed E-state index contributed by atoms with van der Waals surface area (Å²) < 4.78 is 39.2. The number of carboxylic acid groups (broad SMARTS) is 1. The number of aromatic nitrogens is 3. The van der Waals surface area contributed by atoms with Gasteiger partial charge in [-0.2, -0.15) is 13.2 Å². The van der Waals surface area contributed by atoms with E-state index in [1.165, 1.54) is 25.1 Å². The third kappa shape index (κ3) is 5.40. The van der Waals surface area contributed by atoms with Crippen LogP contribution in [0.5, 0.6) is 0 Å². The minimum absolute atomic E-state index is 0.424. The van der Waals surface area contributed by atoms with Crippen molar-refractivity contribution < 1.29 is 27.8 Å². The third-order valence-corrected chi connectivity index (χ3v) is 4.21. The van der Waals surface area contributed by atoms with Crippen LogP contribution in [0.15, 0.2) is 0 Å². The Bertz CT molecular complexity index is 587. The topological polar surface area (TPSA) is 80.5 Å². The van der Waals surface area contributed by atoms with Crippen molar-refractivity contribution in [3.05, 3.63) is 11.4 Å². The molecule has 142 valence electrons. The molecule has 1 aliphatic carbocycles. The smallest absolute Gasteiger partial charge is 0.475 e. The summed E-state index contributed by atoms with van der Waals surface area (Å²) in [6, 6.07) is 0. The van der Waals surface area contributed by atoms with Crippen LogP contribution < -0.4 is 0 Å². The van der Waals surface area contributed by atoms with Gasteiger partial charge in [0.15, 0.2) is 0 Å². The summed E-state index contributed by atoms with van der Waals surface area (Å²) in [5.74, 6) is -1.41. The molecule has 1 N–H and O–H groups in total. The number of halogens is 3. The molecule has 0 radical (unpaired) electrons. The lowest BCUT2D eigenvalue weighted by Gasteiger charge is -2.32. The van der Waals surface area contributed by atoms with Gasteiger partial charge in [-0.3, -0.25) is 4.90 Å². The van der Waals surface area contributed by atoms with Crippen molar-refractivity contribution in [2.45, 2.75) is 44.9 Å². The van der Waals surface area contributed by atoms with E-state index in [0.29, 0.717) is 5.92 Å². The number of aliphatic carboxylic acids is 1. The number of nitrogens with zero attached hydrogens (tertiary/aromatic N) is 4. The van der Waals surface area contributed by atoms with Gasteiger partial charge in [0.25, 0.3) is 0 Å². The highest BCUT2D eigenvalue weighted by atomic mass is 19.4. The molecule has 1 saturated carbocycles. The number of aryl methyl sites for hydroxylation is 1. The molecule has 2 heterocycles. The molecule has 10 heteroatoms. The minimum atomic E-state index is -5.08. The number of hydrogen-bond acceptors (Lipinski definition) is 5. The molecule has 0 spiro atoms. The average Bonchev–Trinajstić information content (AvgIpc) is 3.24. The molecule has 1 aromatic heterocycles. The fourth-order valence-electron chi connectivity index (χ4n) is 2.96. The van der Waals surface area contributed by atoms with Crippen molar-refractivity contribution in [3.63, 3.8) is 0 Å². The second-order valence-electron chi connectivity index (χ2n) is 6.33. The zero-order valence-corrected chi connectivity index (χ0v) is 14.3. The van der Waals surface area contributed by atoms with Gasteiger partial charge in [-0.15, -0.1) is 5.10 Å². The van der Waals surface area contributed by atoms with Crippen LogP contribution in [-0.4, -0.2) is 64.0 Å². The van der Waals surface area contributed by atoms with Crippen LogP contribution in [-0.2, 0) is 22.6 Å². The maximum absolute atomic E-state index is 10.6. The van der Waals surface area contributed by atoms with Crippen LogP contribution in [0.25, 0.3) is 0 Å². The maximum atomic E-state index is 10.6. The lowest BCUT2D eigenvalue weighted by Crippen LogP contribution is -2.37. The highest BCUT2D eigenvalue weighted by molar-refractivity contribution is 5.73. The van der Waals surface area contributed by atoms with E-state index in [0.717, 1.165) is 37.9 Å². The molecule has 7 nitrogen and oxygen atoms in total. The Morgan fingerprint density at radius 1 is 1.40 bits per heavy atom. The first-order valence-corrected chi connectivity index (χ1v) is 8.19. The molecule has 0 saturated heterocycles. The second kappa shape index (κ2) is 8.13. The first-order valence-electron chi connectivity index (χ1n) is 8.19. The predicted octanol–water partition coefficient (Wildman–Crippen LogP) is 1.89. The summed E-state index contributed by atoms with van der Waals surface area (Å²) in [5.41, 5.74) is 2.46. The predicted molar refractivity (Wildman–Crippen MR) is 82.0 cm³/mol. The van der Waals surface area contributed by atoms with Crippen LogP contribution in [0.1, 0.15) is 37.1 Å². The van der Waals surface area contributed by atoms with E-state index in [-0.39, 0.29) is 0 Å². The van der Waals surface area contributed by atoms with E-state index in [2.05, 4.69) is 22.1 Å². The SMILES string of the molecule is CCn1nnc2c1C(COC)CN(CC1CC1)C2.O=C(O)C(F)(F)F. The molecule has 1 aliphatic heterocycles. The largest absolute Gasteiger partial charge is 0.490 e. The zero-order valence-electron chi connectivity index (χ0n) is 14.3. The maximum Gasteiger partial charge on any atom is 0.490 e. The van der Waals surface area contributed by atoms with Crippen LogP contribution in [0.4, 0.5) is 13.2 Å². The van der Waals surface area contributed by atoms with Crippen molar-refractivity contribution in [1.82, 2.24) is 19.9 Å². The van der Waals surface area contributed by atoms with Crippen molar-refractivity contribution in [1.29, 1.82) is 0 Å². The van der Waals surface area contributed by atoms with Crippen LogP contribution in [0, 0.1) is 5.92 Å². The number of methoxy groups -OCH3 is 1. The molecular formula is C15H23F3N4O3. The average molecular weight is 364 g/mol. The van der Waals surface area contributed by atoms with E-state index < -0.39 is 12.1 Å². The highest BCUT2D eigenvalue weighted by Crippen LogP contribution is 2.33. The van der Waals surface area contributed by atoms with Gasteiger partial charge < -0.3 is 9.84 Å². The molecule has 25 heavy (non-hydrogen) atoms. The molecule has 1 atom stereocenters. The number of hydrogen-bond donors (Lipinski definition) is 1. The molecule has 3 rings (SSSR count). The Balaban J connectivity index is 0.000000277. The van der Waals surface area contributed by atoms with Crippen molar-refractivity contribution in [3.8, 4) is 0 Å². The second-order valence-corrected chi connectivity index (χ2v) is 6.33. The number of fused-ring (bicyclic) bond motifs is 1. The molecule has 0 bridgehead atoms. The quantitative estimate of drug-likeness (QED) is 0.859. The number of carboxylic acids is 1. The van der Waals surface area contributed by atoms with Crippen LogP contribution >= 0.6 is 0 Å². The van der Waals surface area contributed by atoms with E-state index in [1.807, 2.05) is 4.68 Å². The number of alkyl halides is 3. The number of carbonyl (C=O) groups is 1. The highest BCUT2D eigenvalue weighted by Gasteiger charge is 2.38. The normalized spacial score (nSPS) is 20.6. The van der Waals surface area contributed by atoms with Crippen molar-refractivity contribution in [2.24, 2.45) is 5.92 Å². The Labute approximate surface area is 143 Å². The monoisotopic (exact) mass is 364 g/mol.